The Morgan fingerprint density at radius 3 is 2.68 bits per heavy atom. The molecule has 0 radical (unpaired) electrons. The first kappa shape index (κ1) is 12.8. The molecule has 6 nitrogen and oxygen atoms in total. The number of anilines is 1. The van der Waals surface area contributed by atoms with Crippen molar-refractivity contribution in [3.8, 4) is 11.9 Å². The molecule has 19 heavy (non-hydrogen) atoms. The first-order chi connectivity index (χ1) is 9.13. The molecular weight excluding hydrogens is 242 g/mol. The van der Waals surface area contributed by atoms with E-state index in [1.807, 2.05) is 12.1 Å². The van der Waals surface area contributed by atoms with Crippen molar-refractivity contribution < 1.29 is 4.74 Å². The summed E-state index contributed by atoms with van der Waals surface area (Å²) in [6.07, 6.45) is 2.21. The van der Waals surface area contributed by atoms with E-state index in [-0.39, 0.29) is 5.82 Å². The summed E-state index contributed by atoms with van der Waals surface area (Å²) in [5.74, 6) is 1.34. The highest BCUT2D eigenvalue weighted by atomic mass is 16.5. The molecule has 0 aliphatic heterocycles. The first-order valence-corrected chi connectivity index (χ1v) is 5.66. The monoisotopic (exact) mass is 255 g/mol. The maximum atomic E-state index is 8.90. The van der Waals surface area contributed by atoms with Gasteiger partial charge in [-0.2, -0.15) is 5.26 Å². The maximum absolute atomic E-state index is 8.90. The van der Waals surface area contributed by atoms with Crippen LogP contribution in [0, 0.1) is 18.3 Å². The highest BCUT2D eigenvalue weighted by molar-refractivity contribution is 5.50. The van der Waals surface area contributed by atoms with Gasteiger partial charge in [-0.25, -0.2) is 15.0 Å². The molecule has 0 atom stereocenters. The third-order valence-electron chi connectivity index (χ3n) is 2.64. The lowest BCUT2D eigenvalue weighted by Gasteiger charge is -2.06. The van der Waals surface area contributed by atoms with E-state index in [2.05, 4.69) is 15.0 Å². The number of rotatable bonds is 3. The number of aryl methyl sites for hydroxylation is 1. The Kier molecular flexibility index (Phi) is 3.57. The van der Waals surface area contributed by atoms with Gasteiger partial charge in [-0.1, -0.05) is 6.07 Å². The second-order valence-electron chi connectivity index (χ2n) is 3.98. The molecule has 96 valence electrons. The Hall–Kier alpha value is -2.68. The first-order valence-electron chi connectivity index (χ1n) is 5.66. The summed E-state index contributed by atoms with van der Waals surface area (Å²) >= 11 is 0. The van der Waals surface area contributed by atoms with Gasteiger partial charge in [-0.05, 0) is 12.5 Å². The highest BCUT2D eigenvalue weighted by Crippen LogP contribution is 2.14. The summed E-state index contributed by atoms with van der Waals surface area (Å²) in [4.78, 5) is 12.5. The number of nitrogens with two attached hydrogens (primary N) is 1. The van der Waals surface area contributed by atoms with Gasteiger partial charge in [0.2, 0.25) is 5.88 Å². The molecule has 6 heteroatoms. The molecule has 0 aromatic carbocycles. The fraction of sp³-hybridized carbons (Fsp3) is 0.231. The molecule has 0 aliphatic rings. The van der Waals surface area contributed by atoms with E-state index in [0.717, 1.165) is 5.56 Å². The highest BCUT2D eigenvalue weighted by Gasteiger charge is 2.09. The number of hydrogen-bond donors (Lipinski definition) is 1. The van der Waals surface area contributed by atoms with Crippen LogP contribution in [0.1, 0.15) is 22.6 Å². The van der Waals surface area contributed by atoms with E-state index >= 15 is 0 Å². The Labute approximate surface area is 110 Å². The summed E-state index contributed by atoms with van der Waals surface area (Å²) in [6, 6.07) is 5.65. The predicted molar refractivity (Wildman–Crippen MR) is 69.5 cm³/mol. The van der Waals surface area contributed by atoms with Crippen LogP contribution in [0.2, 0.25) is 0 Å². The molecule has 2 rings (SSSR count). The normalized spacial score (nSPS) is 9.95. The SMILES string of the molecule is COc1ccc(Cc2nc(C)c(C#N)c(N)n2)cn1. The topological polar surface area (TPSA) is 97.7 Å². The number of nitrogen functional groups attached to an aromatic ring is 1. The molecule has 0 bridgehead atoms. The molecule has 2 N–H and O–H groups in total. The third kappa shape index (κ3) is 2.77. The van der Waals surface area contributed by atoms with E-state index in [1.54, 1.807) is 26.3 Å². The summed E-state index contributed by atoms with van der Waals surface area (Å²) in [5, 5.41) is 8.90. The minimum Gasteiger partial charge on any atom is -0.481 e. The molecule has 2 heterocycles. The Morgan fingerprint density at radius 1 is 1.37 bits per heavy atom. The number of methoxy groups -OCH3 is 1. The van der Waals surface area contributed by atoms with Crippen molar-refractivity contribution in [3.05, 3.63) is 41.0 Å². The van der Waals surface area contributed by atoms with Gasteiger partial charge in [-0.3, -0.25) is 0 Å². The second-order valence-corrected chi connectivity index (χ2v) is 3.98. The van der Waals surface area contributed by atoms with Crippen molar-refractivity contribution in [2.75, 3.05) is 12.8 Å². The predicted octanol–water partition coefficient (Wildman–Crippen LogP) is 1.23. The van der Waals surface area contributed by atoms with Gasteiger partial charge < -0.3 is 10.5 Å². The number of ether oxygens (including phenoxy) is 1. The lowest BCUT2D eigenvalue weighted by atomic mass is 10.2. The number of aromatic nitrogens is 3. The molecule has 0 saturated carbocycles. The molecule has 0 aliphatic carbocycles. The largest absolute Gasteiger partial charge is 0.481 e. The lowest BCUT2D eigenvalue weighted by Crippen LogP contribution is -2.06. The maximum Gasteiger partial charge on any atom is 0.212 e. The second kappa shape index (κ2) is 5.31. The van der Waals surface area contributed by atoms with E-state index in [4.69, 9.17) is 15.7 Å². The van der Waals surface area contributed by atoms with Gasteiger partial charge in [0.1, 0.15) is 23.3 Å². The summed E-state index contributed by atoms with van der Waals surface area (Å²) in [6.45, 7) is 1.74. The van der Waals surface area contributed by atoms with Crippen molar-refractivity contribution in [1.29, 1.82) is 5.26 Å². The molecular formula is C13H13N5O. The number of pyridine rings is 1. The number of hydrogen-bond acceptors (Lipinski definition) is 6. The average Bonchev–Trinajstić information content (AvgIpc) is 2.39. The summed E-state index contributed by atoms with van der Waals surface area (Å²) in [7, 11) is 1.57. The Morgan fingerprint density at radius 2 is 2.16 bits per heavy atom. The molecule has 0 fully saturated rings. The van der Waals surface area contributed by atoms with E-state index in [1.165, 1.54) is 0 Å². The standard InChI is InChI=1S/C13H13N5O/c1-8-10(6-14)13(15)18-11(17-8)5-9-3-4-12(19-2)16-7-9/h3-4,7H,5H2,1-2H3,(H2,15,17,18). The van der Waals surface area contributed by atoms with Crippen molar-refractivity contribution >= 4 is 5.82 Å². The van der Waals surface area contributed by atoms with Crippen LogP contribution >= 0.6 is 0 Å². The van der Waals surface area contributed by atoms with E-state index in [0.29, 0.717) is 29.4 Å². The zero-order valence-electron chi connectivity index (χ0n) is 10.7. The van der Waals surface area contributed by atoms with Gasteiger partial charge in [0.05, 0.1) is 12.8 Å². The van der Waals surface area contributed by atoms with E-state index < -0.39 is 0 Å². The van der Waals surface area contributed by atoms with E-state index in [9.17, 15) is 0 Å². The van der Waals surface area contributed by atoms with Crippen LogP contribution in [-0.4, -0.2) is 22.1 Å². The molecule has 2 aromatic rings. The van der Waals surface area contributed by atoms with Crippen LogP contribution < -0.4 is 10.5 Å². The molecule has 0 spiro atoms. The lowest BCUT2D eigenvalue weighted by molar-refractivity contribution is 0.397. The average molecular weight is 255 g/mol. The van der Waals surface area contributed by atoms with Gasteiger partial charge >= 0.3 is 0 Å². The van der Waals surface area contributed by atoms with Crippen LogP contribution in [0.3, 0.4) is 0 Å². The minimum absolute atomic E-state index is 0.214. The molecule has 0 unspecified atom stereocenters. The number of nitrogens with zero attached hydrogens (tertiary/aromatic N) is 4. The van der Waals surface area contributed by atoms with Crippen LogP contribution in [0.15, 0.2) is 18.3 Å². The van der Waals surface area contributed by atoms with Crippen molar-refractivity contribution in [1.82, 2.24) is 15.0 Å². The fourth-order valence-corrected chi connectivity index (χ4v) is 1.69. The van der Waals surface area contributed by atoms with Crippen LogP contribution in [0.5, 0.6) is 5.88 Å². The third-order valence-corrected chi connectivity index (χ3v) is 2.64. The van der Waals surface area contributed by atoms with Crippen molar-refractivity contribution in [2.24, 2.45) is 0 Å². The quantitative estimate of drug-likeness (QED) is 0.885. The van der Waals surface area contributed by atoms with Gasteiger partial charge in [0.15, 0.2) is 0 Å². The van der Waals surface area contributed by atoms with Crippen LogP contribution in [0.4, 0.5) is 5.82 Å². The Bertz CT molecular complexity index is 607. The van der Waals surface area contributed by atoms with Crippen LogP contribution in [0.25, 0.3) is 0 Å². The zero-order chi connectivity index (χ0) is 13.8. The van der Waals surface area contributed by atoms with Gasteiger partial charge in [-0.15, -0.1) is 0 Å². The van der Waals surface area contributed by atoms with Crippen molar-refractivity contribution in [2.45, 2.75) is 13.3 Å². The minimum atomic E-state index is 0.214. The fourth-order valence-electron chi connectivity index (χ4n) is 1.69. The molecule has 2 aromatic heterocycles. The Balaban J connectivity index is 2.26. The zero-order valence-corrected chi connectivity index (χ0v) is 10.7. The van der Waals surface area contributed by atoms with Gasteiger partial charge in [0, 0.05) is 18.7 Å². The number of nitriles is 1. The smallest absolute Gasteiger partial charge is 0.212 e. The summed E-state index contributed by atoms with van der Waals surface area (Å²) < 4.78 is 4.99. The van der Waals surface area contributed by atoms with Crippen molar-refractivity contribution in [3.63, 3.8) is 0 Å². The molecule has 0 amide bonds. The van der Waals surface area contributed by atoms with Gasteiger partial charge in [0.25, 0.3) is 0 Å². The van der Waals surface area contributed by atoms with Crippen LogP contribution in [-0.2, 0) is 6.42 Å². The summed E-state index contributed by atoms with van der Waals surface area (Å²) in [5.41, 5.74) is 7.59. The molecule has 0 saturated heterocycles.